The maximum atomic E-state index is 12.0. The van der Waals surface area contributed by atoms with E-state index >= 15 is 0 Å². The number of sulfone groups is 1. The molecular weight excluding hydrogens is 224 g/mol. The van der Waals surface area contributed by atoms with Crippen LogP contribution in [0.2, 0.25) is 0 Å². The molecule has 1 fully saturated rings. The van der Waals surface area contributed by atoms with Gasteiger partial charge in [0.1, 0.15) is 0 Å². The highest BCUT2D eigenvalue weighted by Crippen LogP contribution is 2.16. The molecule has 0 amide bonds. The molecule has 1 rings (SSSR count). The quantitative estimate of drug-likeness (QED) is 0.769. The maximum absolute atomic E-state index is 12.0. The average Bonchev–Trinajstić information content (AvgIpc) is 2.06. The van der Waals surface area contributed by atoms with Crippen LogP contribution in [0.25, 0.3) is 0 Å². The van der Waals surface area contributed by atoms with Crippen LogP contribution in [0.4, 0.5) is 0 Å². The lowest BCUT2D eigenvalue weighted by Crippen LogP contribution is -2.58. The molecule has 1 aliphatic heterocycles. The molecule has 1 saturated heterocycles. The molecule has 0 aromatic carbocycles. The Morgan fingerprint density at radius 3 is 2.19 bits per heavy atom. The Bertz CT molecular complexity index is 315. The second-order valence-corrected chi connectivity index (χ2v) is 8.23. The minimum atomic E-state index is -2.98. The molecular formula is C11H24N2O2S. The summed E-state index contributed by atoms with van der Waals surface area (Å²) in [6.45, 7) is 10.9. The summed E-state index contributed by atoms with van der Waals surface area (Å²) in [5, 5.41) is 3.21. The molecule has 16 heavy (non-hydrogen) atoms. The average molecular weight is 248 g/mol. The summed E-state index contributed by atoms with van der Waals surface area (Å²) in [4.78, 5) is 2.25. The minimum absolute atomic E-state index is 0.265. The van der Waals surface area contributed by atoms with Gasteiger partial charge in [0.2, 0.25) is 0 Å². The lowest BCUT2D eigenvalue weighted by atomic mass is 10.1. The van der Waals surface area contributed by atoms with Crippen molar-refractivity contribution in [1.29, 1.82) is 0 Å². The number of nitrogens with one attached hydrogen (secondary N) is 1. The van der Waals surface area contributed by atoms with Gasteiger partial charge < -0.3 is 5.32 Å². The van der Waals surface area contributed by atoms with Gasteiger partial charge in [-0.1, -0.05) is 6.92 Å². The first kappa shape index (κ1) is 13.9. The molecule has 0 aromatic rings. The molecule has 1 heterocycles. The molecule has 0 spiro atoms. The first-order valence-corrected chi connectivity index (χ1v) is 7.60. The highest BCUT2D eigenvalue weighted by Gasteiger charge is 2.30. The van der Waals surface area contributed by atoms with Gasteiger partial charge in [0.15, 0.2) is 9.84 Å². The third-order valence-corrected chi connectivity index (χ3v) is 5.85. The van der Waals surface area contributed by atoms with E-state index in [9.17, 15) is 8.42 Å². The van der Waals surface area contributed by atoms with Gasteiger partial charge >= 0.3 is 0 Å². The number of hydrogen-bond donors (Lipinski definition) is 1. The molecule has 0 atom stereocenters. The van der Waals surface area contributed by atoms with Crippen molar-refractivity contribution in [1.82, 2.24) is 10.2 Å². The van der Waals surface area contributed by atoms with Crippen LogP contribution in [0.5, 0.6) is 0 Å². The van der Waals surface area contributed by atoms with Crippen LogP contribution >= 0.6 is 0 Å². The summed E-state index contributed by atoms with van der Waals surface area (Å²) in [5.41, 5.74) is 0. The third kappa shape index (κ3) is 3.18. The normalized spacial score (nSPS) is 18.8. The Labute approximate surface area is 99.3 Å². The standard InChI is InChI=1S/C11H24N2O2S/c1-5-13(10-8-12-9-10)6-7-16(14,15)11(2,3)4/h10,12H,5-9H2,1-4H3. The fraction of sp³-hybridized carbons (Fsp3) is 1.00. The Kier molecular flexibility index (Phi) is 4.37. The van der Waals surface area contributed by atoms with Crippen LogP contribution in [0.1, 0.15) is 27.7 Å². The Balaban J connectivity index is 2.49. The van der Waals surface area contributed by atoms with Gasteiger partial charge in [-0.15, -0.1) is 0 Å². The second-order valence-electron chi connectivity index (χ2n) is 5.37. The first-order chi connectivity index (χ1) is 7.28. The molecule has 96 valence electrons. The Hall–Kier alpha value is -0.130. The summed E-state index contributed by atoms with van der Waals surface area (Å²) >= 11 is 0. The molecule has 0 bridgehead atoms. The van der Waals surface area contributed by atoms with Crippen molar-refractivity contribution in [3.8, 4) is 0 Å². The van der Waals surface area contributed by atoms with Gasteiger partial charge in [0, 0.05) is 25.7 Å². The van der Waals surface area contributed by atoms with Gasteiger partial charge in [-0.2, -0.15) is 0 Å². The fourth-order valence-corrected chi connectivity index (χ4v) is 2.76. The van der Waals surface area contributed by atoms with Gasteiger partial charge in [-0.25, -0.2) is 8.42 Å². The smallest absolute Gasteiger partial charge is 0.156 e. The molecule has 0 radical (unpaired) electrons. The largest absolute Gasteiger partial charge is 0.314 e. The molecule has 5 heteroatoms. The number of nitrogens with zero attached hydrogens (tertiary/aromatic N) is 1. The van der Waals surface area contributed by atoms with E-state index in [-0.39, 0.29) is 5.75 Å². The fourth-order valence-electron chi connectivity index (χ4n) is 1.67. The maximum Gasteiger partial charge on any atom is 0.156 e. The van der Waals surface area contributed by atoms with E-state index in [4.69, 9.17) is 0 Å². The molecule has 1 N–H and O–H groups in total. The lowest BCUT2D eigenvalue weighted by molar-refractivity contribution is 0.161. The van der Waals surface area contributed by atoms with Crippen molar-refractivity contribution in [3.05, 3.63) is 0 Å². The van der Waals surface area contributed by atoms with Crippen molar-refractivity contribution in [2.24, 2.45) is 0 Å². The molecule has 4 nitrogen and oxygen atoms in total. The van der Waals surface area contributed by atoms with Crippen LogP contribution in [0.3, 0.4) is 0 Å². The van der Waals surface area contributed by atoms with E-state index < -0.39 is 14.6 Å². The summed E-state index contributed by atoms with van der Waals surface area (Å²) in [7, 11) is -2.98. The number of hydrogen-bond acceptors (Lipinski definition) is 4. The van der Waals surface area contributed by atoms with Crippen molar-refractivity contribution in [3.63, 3.8) is 0 Å². The van der Waals surface area contributed by atoms with Crippen LogP contribution in [0.15, 0.2) is 0 Å². The number of likely N-dealkylation sites (N-methyl/N-ethyl adjacent to an activating group) is 1. The van der Waals surface area contributed by atoms with E-state index in [1.807, 2.05) is 0 Å². The highest BCUT2D eigenvalue weighted by atomic mass is 32.2. The van der Waals surface area contributed by atoms with Gasteiger partial charge in [-0.05, 0) is 27.3 Å². The summed E-state index contributed by atoms with van der Waals surface area (Å²) in [6.07, 6.45) is 0. The molecule has 1 aliphatic rings. The topological polar surface area (TPSA) is 49.4 Å². The van der Waals surface area contributed by atoms with Gasteiger partial charge in [-0.3, -0.25) is 4.90 Å². The zero-order valence-corrected chi connectivity index (χ0v) is 11.6. The van der Waals surface area contributed by atoms with E-state index in [0.717, 1.165) is 19.6 Å². The predicted octanol–water partition coefficient (Wildman–Crippen LogP) is 0.493. The van der Waals surface area contributed by atoms with Crippen molar-refractivity contribution in [2.75, 3.05) is 31.9 Å². The lowest BCUT2D eigenvalue weighted by Gasteiger charge is -2.38. The zero-order valence-electron chi connectivity index (χ0n) is 10.8. The van der Waals surface area contributed by atoms with E-state index in [0.29, 0.717) is 12.6 Å². The van der Waals surface area contributed by atoms with Crippen LogP contribution in [-0.2, 0) is 9.84 Å². The van der Waals surface area contributed by atoms with Crippen molar-refractivity contribution < 1.29 is 8.42 Å². The Morgan fingerprint density at radius 2 is 1.88 bits per heavy atom. The van der Waals surface area contributed by atoms with Crippen molar-refractivity contribution in [2.45, 2.75) is 38.5 Å². The van der Waals surface area contributed by atoms with Crippen molar-refractivity contribution >= 4 is 9.84 Å². The Morgan fingerprint density at radius 1 is 1.31 bits per heavy atom. The molecule has 0 unspecified atom stereocenters. The summed E-state index contributed by atoms with van der Waals surface area (Å²) in [5.74, 6) is 0.265. The first-order valence-electron chi connectivity index (χ1n) is 5.95. The molecule has 0 aliphatic carbocycles. The molecule has 0 saturated carbocycles. The van der Waals surface area contributed by atoms with Gasteiger partial charge in [0.25, 0.3) is 0 Å². The van der Waals surface area contributed by atoms with Gasteiger partial charge in [0.05, 0.1) is 10.5 Å². The van der Waals surface area contributed by atoms with E-state index in [1.54, 1.807) is 20.8 Å². The SMILES string of the molecule is CCN(CCS(=O)(=O)C(C)(C)C)C1CNC1. The van der Waals surface area contributed by atoms with E-state index in [2.05, 4.69) is 17.1 Å². The third-order valence-electron chi connectivity index (χ3n) is 3.26. The predicted molar refractivity (Wildman–Crippen MR) is 67.4 cm³/mol. The summed E-state index contributed by atoms with van der Waals surface area (Å²) in [6, 6.07) is 0.528. The summed E-state index contributed by atoms with van der Waals surface area (Å²) < 4.78 is 23.3. The molecule has 0 aromatic heterocycles. The van der Waals surface area contributed by atoms with E-state index in [1.165, 1.54) is 0 Å². The van der Waals surface area contributed by atoms with Crippen LogP contribution in [-0.4, -0.2) is 56.0 Å². The van der Waals surface area contributed by atoms with Crippen LogP contribution in [0, 0.1) is 0 Å². The zero-order chi connectivity index (χ0) is 12.4. The van der Waals surface area contributed by atoms with Crippen LogP contribution < -0.4 is 5.32 Å². The monoisotopic (exact) mass is 248 g/mol. The minimum Gasteiger partial charge on any atom is -0.314 e. The highest BCUT2D eigenvalue weighted by molar-refractivity contribution is 7.92. The second kappa shape index (κ2) is 5.02. The number of rotatable bonds is 5.